The van der Waals surface area contributed by atoms with E-state index in [1.807, 2.05) is 6.19 Å². The first-order chi connectivity index (χ1) is 10.9. The number of nitrogens with two attached hydrogens (primary N) is 1. The van der Waals surface area contributed by atoms with E-state index in [0.717, 1.165) is 17.0 Å². The van der Waals surface area contributed by atoms with Crippen LogP contribution in [0.2, 0.25) is 0 Å². The summed E-state index contributed by atoms with van der Waals surface area (Å²) in [5.74, 6) is -1.58. The average molecular weight is 314 g/mol. The maximum atomic E-state index is 13.4. The second kappa shape index (κ2) is 6.53. The third-order valence-electron chi connectivity index (χ3n) is 3.11. The molecule has 0 bridgehead atoms. The Morgan fingerprint density at radius 3 is 2.70 bits per heavy atom. The van der Waals surface area contributed by atoms with E-state index in [1.165, 1.54) is 18.2 Å². The molecule has 0 radical (unpaired) electrons. The van der Waals surface area contributed by atoms with Gasteiger partial charge >= 0.3 is 5.69 Å². The number of nitriles is 1. The molecule has 0 unspecified atom stereocenters. The molecule has 116 valence electrons. The quantitative estimate of drug-likeness (QED) is 0.394. The van der Waals surface area contributed by atoms with Gasteiger partial charge in [-0.3, -0.25) is 19.8 Å². The van der Waals surface area contributed by atoms with Crippen molar-refractivity contribution in [3.63, 3.8) is 0 Å². The van der Waals surface area contributed by atoms with Crippen molar-refractivity contribution in [1.29, 1.82) is 5.26 Å². The van der Waals surface area contributed by atoms with Crippen LogP contribution in [0.25, 0.3) is 0 Å². The fourth-order valence-electron chi connectivity index (χ4n) is 2.00. The first-order valence-electron chi connectivity index (χ1n) is 6.42. The highest BCUT2D eigenvalue weighted by atomic mass is 19.1. The second-order valence-electron chi connectivity index (χ2n) is 4.64. The van der Waals surface area contributed by atoms with Gasteiger partial charge in [0.15, 0.2) is 6.19 Å². The van der Waals surface area contributed by atoms with Crippen LogP contribution in [0.4, 0.5) is 15.8 Å². The molecule has 0 atom stereocenters. The molecule has 2 aromatic rings. The van der Waals surface area contributed by atoms with Gasteiger partial charge in [0.05, 0.1) is 17.2 Å². The van der Waals surface area contributed by atoms with Crippen molar-refractivity contribution < 1.29 is 14.1 Å². The fraction of sp³-hybridized carbons (Fsp3) is 0.0667. The van der Waals surface area contributed by atoms with Crippen LogP contribution in [0.3, 0.4) is 0 Å². The van der Waals surface area contributed by atoms with Crippen molar-refractivity contribution in [3.8, 4) is 6.19 Å². The lowest BCUT2D eigenvalue weighted by Crippen LogP contribution is -2.17. The zero-order chi connectivity index (χ0) is 17.0. The van der Waals surface area contributed by atoms with E-state index in [2.05, 4.69) is 0 Å². The van der Waals surface area contributed by atoms with Crippen LogP contribution in [-0.2, 0) is 6.54 Å². The van der Waals surface area contributed by atoms with Crippen LogP contribution in [0, 0.1) is 27.4 Å². The van der Waals surface area contributed by atoms with Crippen LogP contribution in [-0.4, -0.2) is 10.8 Å². The number of primary amides is 1. The van der Waals surface area contributed by atoms with Gasteiger partial charge in [-0.25, -0.2) is 0 Å². The van der Waals surface area contributed by atoms with Crippen LogP contribution in [0.15, 0.2) is 42.5 Å². The molecular formula is C15H11FN4O3. The molecule has 23 heavy (non-hydrogen) atoms. The number of hydrogen-bond donors (Lipinski definition) is 1. The Labute approximate surface area is 130 Å². The molecule has 0 heterocycles. The summed E-state index contributed by atoms with van der Waals surface area (Å²) in [5, 5.41) is 20.0. The van der Waals surface area contributed by atoms with Gasteiger partial charge in [0.2, 0.25) is 11.7 Å². The Kier molecular flexibility index (Phi) is 4.52. The van der Waals surface area contributed by atoms with Gasteiger partial charge in [-0.1, -0.05) is 12.1 Å². The van der Waals surface area contributed by atoms with Crippen molar-refractivity contribution in [2.75, 3.05) is 4.90 Å². The third kappa shape index (κ3) is 3.59. The minimum absolute atomic E-state index is 0.0560. The lowest BCUT2D eigenvalue weighted by molar-refractivity contribution is -0.387. The Bertz CT molecular complexity index is 817. The molecule has 7 nitrogen and oxygen atoms in total. The number of anilines is 1. The maximum Gasteiger partial charge on any atom is 0.306 e. The van der Waals surface area contributed by atoms with Gasteiger partial charge in [0.25, 0.3) is 0 Å². The van der Waals surface area contributed by atoms with Gasteiger partial charge in [-0.15, -0.1) is 0 Å². The van der Waals surface area contributed by atoms with Gasteiger partial charge in [0.1, 0.15) is 0 Å². The Morgan fingerprint density at radius 1 is 1.35 bits per heavy atom. The number of carbonyl (C=O) groups excluding carboxylic acids is 1. The molecule has 8 heteroatoms. The molecular weight excluding hydrogens is 303 g/mol. The van der Waals surface area contributed by atoms with Crippen LogP contribution in [0.5, 0.6) is 0 Å². The second-order valence-corrected chi connectivity index (χ2v) is 4.64. The van der Waals surface area contributed by atoms with Crippen molar-refractivity contribution in [2.24, 2.45) is 5.73 Å². The number of rotatable bonds is 5. The first kappa shape index (κ1) is 15.9. The summed E-state index contributed by atoms with van der Waals surface area (Å²) < 4.78 is 13.4. The van der Waals surface area contributed by atoms with E-state index in [0.29, 0.717) is 5.56 Å². The number of hydrogen-bond acceptors (Lipinski definition) is 5. The Morgan fingerprint density at radius 2 is 2.09 bits per heavy atom. The zero-order valence-electron chi connectivity index (χ0n) is 11.8. The number of nitro benzene ring substituents is 1. The summed E-state index contributed by atoms with van der Waals surface area (Å²) in [7, 11) is 0. The summed E-state index contributed by atoms with van der Waals surface area (Å²) in [5.41, 5.74) is 5.54. The molecule has 2 rings (SSSR count). The van der Waals surface area contributed by atoms with Crippen LogP contribution >= 0.6 is 0 Å². The molecule has 0 aromatic heterocycles. The molecule has 0 aliphatic heterocycles. The van der Waals surface area contributed by atoms with Crippen molar-refractivity contribution in [2.45, 2.75) is 6.54 Å². The van der Waals surface area contributed by atoms with E-state index in [1.54, 1.807) is 12.1 Å². The lowest BCUT2D eigenvalue weighted by Gasteiger charge is -2.16. The number of amides is 1. The Balaban J connectivity index is 2.33. The summed E-state index contributed by atoms with van der Waals surface area (Å²) in [6.45, 7) is 0.0560. The minimum Gasteiger partial charge on any atom is -0.366 e. The number of carbonyl (C=O) groups is 1. The van der Waals surface area contributed by atoms with Gasteiger partial charge in [-0.2, -0.15) is 9.65 Å². The summed E-state index contributed by atoms with van der Waals surface area (Å²) in [6.07, 6.45) is 1.87. The highest BCUT2D eigenvalue weighted by Crippen LogP contribution is 2.25. The monoisotopic (exact) mass is 314 g/mol. The number of nitrogens with zero attached hydrogens (tertiary/aromatic N) is 3. The molecule has 0 saturated heterocycles. The molecule has 0 saturated carbocycles. The normalized spacial score (nSPS) is 9.91. The molecule has 1 amide bonds. The highest BCUT2D eigenvalue weighted by molar-refractivity contribution is 5.92. The van der Waals surface area contributed by atoms with E-state index < -0.39 is 22.3 Å². The van der Waals surface area contributed by atoms with Crippen LogP contribution < -0.4 is 10.6 Å². The highest BCUT2D eigenvalue weighted by Gasteiger charge is 2.17. The van der Waals surface area contributed by atoms with Crippen molar-refractivity contribution in [3.05, 3.63) is 69.5 Å². The molecule has 2 aromatic carbocycles. The molecule has 0 fully saturated rings. The summed E-state index contributed by atoms with van der Waals surface area (Å²) >= 11 is 0. The minimum atomic E-state index is -0.979. The largest absolute Gasteiger partial charge is 0.366 e. The van der Waals surface area contributed by atoms with Gasteiger partial charge in [-0.05, 0) is 29.8 Å². The van der Waals surface area contributed by atoms with E-state index in [9.17, 15) is 24.6 Å². The average Bonchev–Trinajstić information content (AvgIpc) is 2.53. The smallest absolute Gasteiger partial charge is 0.306 e. The molecule has 0 aliphatic carbocycles. The van der Waals surface area contributed by atoms with Crippen molar-refractivity contribution in [1.82, 2.24) is 0 Å². The van der Waals surface area contributed by atoms with E-state index in [4.69, 9.17) is 5.73 Å². The summed E-state index contributed by atoms with van der Waals surface area (Å²) in [4.78, 5) is 22.2. The lowest BCUT2D eigenvalue weighted by atomic mass is 10.1. The van der Waals surface area contributed by atoms with Gasteiger partial charge in [0, 0.05) is 11.6 Å². The molecule has 0 aliphatic rings. The molecule has 2 N–H and O–H groups in total. The topological polar surface area (TPSA) is 113 Å². The first-order valence-corrected chi connectivity index (χ1v) is 6.42. The number of halogens is 1. The van der Waals surface area contributed by atoms with Crippen LogP contribution in [0.1, 0.15) is 15.9 Å². The standard InChI is InChI=1S/C15H11FN4O3/c16-13-5-4-12(7-14(13)20(22)23)19(9-17)8-10-2-1-3-11(6-10)15(18)21/h1-7H,8H2,(H2,18,21). The molecule has 0 spiro atoms. The SMILES string of the molecule is N#CN(Cc1cccc(C(N)=O)c1)c1ccc(F)c([N+](=O)[O-])c1. The predicted molar refractivity (Wildman–Crippen MR) is 79.8 cm³/mol. The maximum absolute atomic E-state index is 13.4. The predicted octanol–water partition coefficient (Wildman–Crippen LogP) is 2.32. The van der Waals surface area contributed by atoms with E-state index >= 15 is 0 Å². The Hall–Kier alpha value is -3.47. The summed E-state index contributed by atoms with van der Waals surface area (Å²) in [6, 6.07) is 9.51. The number of nitro groups is 1. The third-order valence-corrected chi connectivity index (χ3v) is 3.11. The zero-order valence-corrected chi connectivity index (χ0v) is 11.8. The van der Waals surface area contributed by atoms with Crippen molar-refractivity contribution >= 4 is 17.3 Å². The van der Waals surface area contributed by atoms with E-state index in [-0.39, 0.29) is 17.8 Å². The number of benzene rings is 2. The fourth-order valence-corrected chi connectivity index (χ4v) is 2.00. The van der Waals surface area contributed by atoms with Gasteiger partial charge < -0.3 is 5.73 Å².